The lowest BCUT2D eigenvalue weighted by Gasteiger charge is -2.31. The van der Waals surface area contributed by atoms with Crippen molar-refractivity contribution in [2.45, 2.75) is 52.1 Å². The second kappa shape index (κ2) is 12.6. The molecule has 2 rings (SSSR count). The molecule has 0 unspecified atom stereocenters. The van der Waals surface area contributed by atoms with E-state index in [4.69, 9.17) is 27.9 Å². The highest BCUT2D eigenvalue weighted by atomic mass is 35.5. The van der Waals surface area contributed by atoms with Gasteiger partial charge in [0, 0.05) is 17.6 Å². The highest BCUT2D eigenvalue weighted by Crippen LogP contribution is 2.27. The SMILES string of the molecule is CC[C@@H](C)NC(=O)[C@@H](CC)N(CCc1ccccc1)C(=O)COc1ccc(Cl)cc1Cl. The Morgan fingerprint density at radius 1 is 1.06 bits per heavy atom. The van der Waals surface area contributed by atoms with Crippen molar-refractivity contribution in [3.05, 3.63) is 64.1 Å². The third-order valence-corrected chi connectivity index (χ3v) is 5.65. The topological polar surface area (TPSA) is 58.6 Å². The summed E-state index contributed by atoms with van der Waals surface area (Å²) in [6.45, 7) is 6.05. The fraction of sp³-hybridized carbons (Fsp3) is 0.417. The van der Waals surface area contributed by atoms with Crippen molar-refractivity contribution in [3.8, 4) is 5.75 Å². The van der Waals surface area contributed by atoms with E-state index in [0.29, 0.717) is 35.2 Å². The number of nitrogens with one attached hydrogen (secondary N) is 1. The number of benzene rings is 2. The van der Waals surface area contributed by atoms with Gasteiger partial charge in [-0.1, -0.05) is 67.4 Å². The van der Waals surface area contributed by atoms with Gasteiger partial charge in [0.05, 0.1) is 5.02 Å². The lowest BCUT2D eigenvalue weighted by Crippen LogP contribution is -2.52. The Bertz CT molecular complexity index is 861. The number of carbonyl (C=O) groups is 2. The molecule has 2 aromatic rings. The molecule has 0 saturated heterocycles. The predicted octanol–water partition coefficient (Wildman–Crippen LogP) is 5.14. The van der Waals surface area contributed by atoms with Crippen LogP contribution in [0.15, 0.2) is 48.5 Å². The van der Waals surface area contributed by atoms with Crippen LogP contribution in [0.2, 0.25) is 10.0 Å². The number of nitrogens with zero attached hydrogens (tertiary/aromatic N) is 1. The summed E-state index contributed by atoms with van der Waals surface area (Å²) >= 11 is 12.1. The standard InChI is InChI=1S/C24H30Cl2N2O3/c1-4-17(3)27-24(30)21(5-2)28(14-13-18-9-7-6-8-10-18)23(29)16-31-22-12-11-19(25)15-20(22)26/h6-12,15,17,21H,4-5,13-14,16H2,1-3H3,(H,27,30)/t17-,21-/m1/s1. The van der Waals surface area contributed by atoms with Crippen LogP contribution in [-0.2, 0) is 16.0 Å². The second-order valence-electron chi connectivity index (χ2n) is 7.43. The number of hydrogen-bond donors (Lipinski definition) is 1. The molecule has 0 aliphatic rings. The molecule has 0 aromatic heterocycles. The molecule has 0 heterocycles. The molecule has 1 N–H and O–H groups in total. The lowest BCUT2D eigenvalue weighted by molar-refractivity contribution is -0.142. The first kappa shape index (κ1) is 25.0. The van der Waals surface area contributed by atoms with Crippen LogP contribution in [0, 0.1) is 0 Å². The van der Waals surface area contributed by atoms with E-state index in [1.54, 1.807) is 23.1 Å². The van der Waals surface area contributed by atoms with Gasteiger partial charge in [-0.2, -0.15) is 0 Å². The van der Waals surface area contributed by atoms with Crippen LogP contribution in [0.5, 0.6) is 5.75 Å². The molecule has 0 aliphatic carbocycles. The Labute approximate surface area is 194 Å². The number of halogens is 2. The summed E-state index contributed by atoms with van der Waals surface area (Å²) in [5.74, 6) is -0.0459. The summed E-state index contributed by atoms with van der Waals surface area (Å²) in [6.07, 6.45) is 1.96. The number of hydrogen-bond acceptors (Lipinski definition) is 3. The first-order valence-corrected chi connectivity index (χ1v) is 11.3. The second-order valence-corrected chi connectivity index (χ2v) is 8.27. The molecule has 5 nitrogen and oxygen atoms in total. The average Bonchev–Trinajstić information content (AvgIpc) is 2.76. The molecule has 31 heavy (non-hydrogen) atoms. The number of rotatable bonds is 11. The molecular formula is C24H30Cl2N2O3. The van der Waals surface area contributed by atoms with E-state index in [0.717, 1.165) is 12.0 Å². The molecule has 7 heteroatoms. The molecule has 2 amide bonds. The predicted molar refractivity (Wildman–Crippen MR) is 126 cm³/mol. The maximum absolute atomic E-state index is 13.1. The minimum atomic E-state index is -0.575. The maximum atomic E-state index is 13.1. The summed E-state index contributed by atoms with van der Waals surface area (Å²) in [7, 11) is 0. The van der Waals surface area contributed by atoms with Crippen molar-refractivity contribution in [2.24, 2.45) is 0 Å². The van der Waals surface area contributed by atoms with Gasteiger partial charge >= 0.3 is 0 Å². The molecule has 0 saturated carbocycles. The zero-order valence-electron chi connectivity index (χ0n) is 18.2. The van der Waals surface area contributed by atoms with Crippen molar-refractivity contribution in [1.82, 2.24) is 10.2 Å². The minimum Gasteiger partial charge on any atom is -0.482 e. The van der Waals surface area contributed by atoms with Crippen LogP contribution in [0.25, 0.3) is 0 Å². The molecule has 2 atom stereocenters. The first-order chi connectivity index (χ1) is 14.8. The van der Waals surface area contributed by atoms with Gasteiger partial charge in [0.2, 0.25) is 5.91 Å². The van der Waals surface area contributed by atoms with Crippen molar-refractivity contribution in [1.29, 1.82) is 0 Å². The number of amides is 2. The molecule has 0 fully saturated rings. The summed E-state index contributed by atoms with van der Waals surface area (Å²) in [5, 5.41) is 3.81. The molecule has 0 radical (unpaired) electrons. The Morgan fingerprint density at radius 2 is 1.77 bits per heavy atom. The van der Waals surface area contributed by atoms with E-state index in [2.05, 4.69) is 5.32 Å². The molecule has 0 aliphatic heterocycles. The number of ether oxygens (including phenoxy) is 1. The quantitative estimate of drug-likeness (QED) is 0.500. The van der Waals surface area contributed by atoms with E-state index in [1.165, 1.54) is 0 Å². The summed E-state index contributed by atoms with van der Waals surface area (Å²) in [6, 6.07) is 14.2. The zero-order chi connectivity index (χ0) is 22.8. The van der Waals surface area contributed by atoms with Crippen LogP contribution >= 0.6 is 23.2 Å². The molecular weight excluding hydrogens is 435 g/mol. The largest absolute Gasteiger partial charge is 0.482 e. The van der Waals surface area contributed by atoms with Crippen LogP contribution in [0.1, 0.15) is 39.2 Å². The van der Waals surface area contributed by atoms with Gasteiger partial charge in [-0.15, -0.1) is 0 Å². The zero-order valence-corrected chi connectivity index (χ0v) is 19.7. The highest BCUT2D eigenvalue weighted by molar-refractivity contribution is 6.35. The van der Waals surface area contributed by atoms with Crippen LogP contribution in [-0.4, -0.2) is 41.9 Å². The molecule has 0 bridgehead atoms. The van der Waals surface area contributed by atoms with Gasteiger partial charge in [-0.05, 0) is 49.9 Å². The monoisotopic (exact) mass is 464 g/mol. The van der Waals surface area contributed by atoms with Crippen LogP contribution in [0.4, 0.5) is 0 Å². The lowest BCUT2D eigenvalue weighted by atomic mass is 10.1. The first-order valence-electron chi connectivity index (χ1n) is 10.6. The Hall–Kier alpha value is -2.24. The van der Waals surface area contributed by atoms with Crippen molar-refractivity contribution in [2.75, 3.05) is 13.2 Å². The highest BCUT2D eigenvalue weighted by Gasteiger charge is 2.29. The van der Waals surface area contributed by atoms with Gasteiger partial charge < -0.3 is 15.0 Å². The summed E-state index contributed by atoms with van der Waals surface area (Å²) in [5.41, 5.74) is 1.10. The fourth-order valence-electron chi connectivity index (χ4n) is 3.15. The fourth-order valence-corrected chi connectivity index (χ4v) is 3.61. The van der Waals surface area contributed by atoms with E-state index in [9.17, 15) is 9.59 Å². The third kappa shape index (κ3) is 7.75. The molecule has 168 valence electrons. The van der Waals surface area contributed by atoms with Crippen molar-refractivity contribution < 1.29 is 14.3 Å². The normalized spacial score (nSPS) is 12.7. The summed E-state index contributed by atoms with van der Waals surface area (Å²) in [4.78, 5) is 27.6. The van der Waals surface area contributed by atoms with E-state index in [-0.39, 0.29) is 24.5 Å². The van der Waals surface area contributed by atoms with Gasteiger partial charge in [-0.25, -0.2) is 0 Å². The van der Waals surface area contributed by atoms with Gasteiger partial charge in [0.25, 0.3) is 5.91 Å². The van der Waals surface area contributed by atoms with Crippen LogP contribution in [0.3, 0.4) is 0 Å². The summed E-state index contributed by atoms with van der Waals surface area (Å²) < 4.78 is 5.65. The van der Waals surface area contributed by atoms with Crippen LogP contribution < -0.4 is 10.1 Å². The number of carbonyl (C=O) groups excluding carboxylic acids is 2. The van der Waals surface area contributed by atoms with Gasteiger partial charge in [0.1, 0.15) is 11.8 Å². The minimum absolute atomic E-state index is 0.0387. The van der Waals surface area contributed by atoms with Gasteiger partial charge in [0.15, 0.2) is 6.61 Å². The van der Waals surface area contributed by atoms with Crippen molar-refractivity contribution in [3.63, 3.8) is 0 Å². The Balaban J connectivity index is 2.15. The van der Waals surface area contributed by atoms with E-state index < -0.39 is 6.04 Å². The third-order valence-electron chi connectivity index (χ3n) is 5.12. The Kier molecular flexibility index (Phi) is 10.2. The molecule has 0 spiro atoms. The van der Waals surface area contributed by atoms with E-state index >= 15 is 0 Å². The van der Waals surface area contributed by atoms with Crippen molar-refractivity contribution >= 4 is 35.0 Å². The van der Waals surface area contributed by atoms with E-state index in [1.807, 2.05) is 51.1 Å². The molecule has 2 aromatic carbocycles. The average molecular weight is 465 g/mol. The smallest absolute Gasteiger partial charge is 0.261 e. The maximum Gasteiger partial charge on any atom is 0.261 e. The Morgan fingerprint density at radius 3 is 2.39 bits per heavy atom. The van der Waals surface area contributed by atoms with Gasteiger partial charge in [-0.3, -0.25) is 9.59 Å².